The molecule has 2 N–H and O–H groups in total. The molecule has 0 spiro atoms. The van der Waals surface area contributed by atoms with Gasteiger partial charge in [0, 0.05) is 18.4 Å². The van der Waals surface area contributed by atoms with Crippen LogP contribution in [0.2, 0.25) is 0 Å². The number of piperidine rings is 1. The zero-order valence-electron chi connectivity index (χ0n) is 13.4. The number of rotatable bonds is 7. The van der Waals surface area contributed by atoms with Gasteiger partial charge in [0.15, 0.2) is 11.5 Å². The minimum absolute atomic E-state index is 0.156. The maximum absolute atomic E-state index is 12.1. The van der Waals surface area contributed by atoms with Crippen molar-refractivity contribution < 1.29 is 14.3 Å². The molecule has 1 atom stereocenters. The molecule has 1 saturated heterocycles. The molecule has 1 aliphatic heterocycles. The average Bonchev–Trinajstić information content (AvgIpc) is 2.58. The first-order valence-corrected chi connectivity index (χ1v) is 7.95. The first kappa shape index (κ1) is 16.6. The summed E-state index contributed by atoms with van der Waals surface area (Å²) < 4.78 is 11.0. The number of hydrogen-bond donors (Lipinski definition) is 2. The number of ether oxygens (including phenoxy) is 2. The molecule has 0 saturated carbocycles. The van der Waals surface area contributed by atoms with Crippen LogP contribution in [0.15, 0.2) is 24.3 Å². The molecule has 1 heterocycles. The van der Waals surface area contributed by atoms with Crippen LogP contribution in [-0.4, -0.2) is 39.3 Å². The Hall–Kier alpha value is -1.75. The summed E-state index contributed by atoms with van der Waals surface area (Å²) in [6.07, 6.45) is 1.86. The standard InChI is InChI=1S/C17H26N2O3/c1-13(11-19-17(20)14-7-9-18-10-8-14)12-22-16-6-4-3-5-15(16)21-2/h3-6,13-14,18H,7-12H2,1-2H3,(H,19,20). The van der Waals surface area contributed by atoms with Crippen molar-refractivity contribution in [2.45, 2.75) is 19.8 Å². The lowest BCUT2D eigenvalue weighted by atomic mass is 9.97. The van der Waals surface area contributed by atoms with Crippen molar-refractivity contribution in [3.05, 3.63) is 24.3 Å². The largest absolute Gasteiger partial charge is 0.493 e. The van der Waals surface area contributed by atoms with E-state index in [9.17, 15) is 4.79 Å². The van der Waals surface area contributed by atoms with E-state index in [4.69, 9.17) is 9.47 Å². The van der Waals surface area contributed by atoms with Crippen LogP contribution >= 0.6 is 0 Å². The molecule has 2 rings (SSSR count). The maximum atomic E-state index is 12.1. The second-order valence-corrected chi connectivity index (χ2v) is 5.84. The van der Waals surface area contributed by atoms with Crippen molar-refractivity contribution in [1.82, 2.24) is 10.6 Å². The van der Waals surface area contributed by atoms with E-state index in [-0.39, 0.29) is 17.7 Å². The third-order valence-electron chi connectivity index (χ3n) is 3.93. The molecule has 0 aromatic heterocycles. The SMILES string of the molecule is COc1ccccc1OCC(C)CNC(=O)C1CCNCC1. The summed E-state index contributed by atoms with van der Waals surface area (Å²) in [5.41, 5.74) is 0. The lowest BCUT2D eigenvalue weighted by molar-refractivity contribution is -0.125. The monoisotopic (exact) mass is 306 g/mol. The van der Waals surface area contributed by atoms with Crippen LogP contribution in [0.3, 0.4) is 0 Å². The summed E-state index contributed by atoms with van der Waals surface area (Å²) in [6, 6.07) is 7.59. The van der Waals surface area contributed by atoms with Crippen LogP contribution in [0.5, 0.6) is 11.5 Å². The number of benzene rings is 1. The normalized spacial score (nSPS) is 16.8. The molecule has 0 radical (unpaired) electrons. The Morgan fingerprint density at radius 2 is 2.00 bits per heavy atom. The lowest BCUT2D eigenvalue weighted by Gasteiger charge is -2.23. The van der Waals surface area contributed by atoms with E-state index in [1.165, 1.54) is 0 Å². The van der Waals surface area contributed by atoms with Gasteiger partial charge in [-0.3, -0.25) is 4.79 Å². The Labute approximate surface area is 132 Å². The van der Waals surface area contributed by atoms with Crippen LogP contribution < -0.4 is 20.1 Å². The van der Waals surface area contributed by atoms with E-state index in [2.05, 4.69) is 17.6 Å². The van der Waals surface area contributed by atoms with Gasteiger partial charge in [-0.25, -0.2) is 0 Å². The van der Waals surface area contributed by atoms with Gasteiger partial charge in [0.2, 0.25) is 5.91 Å². The Morgan fingerprint density at radius 1 is 1.32 bits per heavy atom. The van der Waals surface area contributed by atoms with Crippen LogP contribution in [0.1, 0.15) is 19.8 Å². The summed E-state index contributed by atoms with van der Waals surface area (Å²) in [6.45, 7) is 5.12. The van der Waals surface area contributed by atoms with E-state index in [0.717, 1.165) is 37.4 Å². The van der Waals surface area contributed by atoms with Gasteiger partial charge in [-0.05, 0) is 38.1 Å². The second kappa shape index (κ2) is 8.63. The predicted octanol–water partition coefficient (Wildman–Crippen LogP) is 1.83. The summed E-state index contributed by atoms with van der Waals surface area (Å²) in [7, 11) is 1.63. The van der Waals surface area contributed by atoms with Gasteiger partial charge in [0.1, 0.15) is 0 Å². The Kier molecular flexibility index (Phi) is 6.52. The number of para-hydroxylation sites is 2. The van der Waals surface area contributed by atoms with Crippen molar-refractivity contribution >= 4 is 5.91 Å². The van der Waals surface area contributed by atoms with Gasteiger partial charge in [-0.15, -0.1) is 0 Å². The Morgan fingerprint density at radius 3 is 2.68 bits per heavy atom. The van der Waals surface area contributed by atoms with Crippen LogP contribution in [0.4, 0.5) is 0 Å². The molecule has 1 unspecified atom stereocenters. The fourth-order valence-corrected chi connectivity index (χ4v) is 2.53. The maximum Gasteiger partial charge on any atom is 0.223 e. The summed E-state index contributed by atoms with van der Waals surface area (Å²) in [5.74, 6) is 2.04. The van der Waals surface area contributed by atoms with Gasteiger partial charge >= 0.3 is 0 Å². The summed E-state index contributed by atoms with van der Waals surface area (Å²) in [4.78, 5) is 12.1. The number of carbonyl (C=O) groups is 1. The average molecular weight is 306 g/mol. The van der Waals surface area contributed by atoms with Crippen molar-refractivity contribution in [2.75, 3.05) is 33.4 Å². The zero-order chi connectivity index (χ0) is 15.8. The molecule has 5 nitrogen and oxygen atoms in total. The highest BCUT2D eigenvalue weighted by Gasteiger charge is 2.20. The highest BCUT2D eigenvalue weighted by atomic mass is 16.5. The molecule has 1 aromatic carbocycles. The third-order valence-corrected chi connectivity index (χ3v) is 3.93. The van der Waals surface area contributed by atoms with E-state index in [0.29, 0.717) is 13.2 Å². The minimum Gasteiger partial charge on any atom is -0.493 e. The summed E-state index contributed by atoms with van der Waals surface area (Å²) >= 11 is 0. The molecule has 1 aliphatic rings. The smallest absolute Gasteiger partial charge is 0.223 e. The van der Waals surface area contributed by atoms with Gasteiger partial charge in [-0.2, -0.15) is 0 Å². The predicted molar refractivity (Wildman–Crippen MR) is 86.3 cm³/mol. The lowest BCUT2D eigenvalue weighted by Crippen LogP contribution is -2.40. The van der Waals surface area contributed by atoms with Crippen LogP contribution in [0.25, 0.3) is 0 Å². The number of nitrogens with one attached hydrogen (secondary N) is 2. The first-order valence-electron chi connectivity index (χ1n) is 7.95. The van der Waals surface area contributed by atoms with Gasteiger partial charge in [-0.1, -0.05) is 19.1 Å². The molecule has 0 aliphatic carbocycles. The fourth-order valence-electron chi connectivity index (χ4n) is 2.53. The first-order chi connectivity index (χ1) is 10.7. The number of methoxy groups -OCH3 is 1. The molecule has 5 heteroatoms. The van der Waals surface area contributed by atoms with Crippen LogP contribution in [-0.2, 0) is 4.79 Å². The van der Waals surface area contributed by atoms with Gasteiger partial charge in [0.05, 0.1) is 13.7 Å². The van der Waals surface area contributed by atoms with Crippen LogP contribution in [0, 0.1) is 11.8 Å². The highest BCUT2D eigenvalue weighted by molar-refractivity contribution is 5.78. The molecule has 122 valence electrons. The van der Waals surface area contributed by atoms with Crippen molar-refractivity contribution in [2.24, 2.45) is 11.8 Å². The summed E-state index contributed by atoms with van der Waals surface area (Å²) in [5, 5.41) is 6.31. The Balaban J connectivity index is 1.71. The van der Waals surface area contributed by atoms with E-state index in [1.807, 2.05) is 24.3 Å². The van der Waals surface area contributed by atoms with Crippen molar-refractivity contribution in [3.8, 4) is 11.5 Å². The van der Waals surface area contributed by atoms with Gasteiger partial charge < -0.3 is 20.1 Å². The highest BCUT2D eigenvalue weighted by Crippen LogP contribution is 2.26. The number of amides is 1. The van der Waals surface area contributed by atoms with E-state index >= 15 is 0 Å². The zero-order valence-corrected chi connectivity index (χ0v) is 13.4. The van der Waals surface area contributed by atoms with Gasteiger partial charge in [0.25, 0.3) is 0 Å². The topological polar surface area (TPSA) is 59.6 Å². The van der Waals surface area contributed by atoms with E-state index in [1.54, 1.807) is 7.11 Å². The second-order valence-electron chi connectivity index (χ2n) is 5.84. The molecule has 1 amide bonds. The molecule has 1 fully saturated rings. The van der Waals surface area contributed by atoms with Crippen molar-refractivity contribution in [1.29, 1.82) is 0 Å². The molecular weight excluding hydrogens is 280 g/mol. The Bertz CT molecular complexity index is 473. The molecule has 22 heavy (non-hydrogen) atoms. The third kappa shape index (κ3) is 4.91. The number of carbonyl (C=O) groups excluding carboxylic acids is 1. The molecule has 0 bridgehead atoms. The quantitative estimate of drug-likeness (QED) is 0.807. The number of hydrogen-bond acceptors (Lipinski definition) is 4. The minimum atomic E-state index is 0.156. The van der Waals surface area contributed by atoms with E-state index < -0.39 is 0 Å². The molecular formula is C17H26N2O3. The fraction of sp³-hybridized carbons (Fsp3) is 0.588. The molecule has 1 aromatic rings. The van der Waals surface area contributed by atoms with Crippen molar-refractivity contribution in [3.63, 3.8) is 0 Å².